The Hall–Kier alpha value is -0.790. The Balaban J connectivity index is 2.19. The van der Waals surface area contributed by atoms with Crippen LogP contribution in [0.15, 0.2) is 11.8 Å². The summed E-state index contributed by atoms with van der Waals surface area (Å²) in [6.45, 7) is 6.59. The van der Waals surface area contributed by atoms with Crippen LogP contribution in [0.2, 0.25) is 0 Å². The first-order valence-electron chi connectivity index (χ1n) is 6.00. The molecule has 0 radical (unpaired) electrons. The maximum absolute atomic E-state index is 11.9. The number of ketones is 1. The summed E-state index contributed by atoms with van der Waals surface area (Å²) in [6.07, 6.45) is 6.36. The van der Waals surface area contributed by atoms with Gasteiger partial charge in [0.05, 0.1) is 5.92 Å². The topological polar surface area (TPSA) is 29.1 Å². The van der Waals surface area contributed by atoms with Gasteiger partial charge < -0.3 is 5.32 Å². The maximum atomic E-state index is 11.9. The van der Waals surface area contributed by atoms with Crippen molar-refractivity contribution in [1.29, 1.82) is 0 Å². The number of fused-ring (bicyclic) bond motifs is 1. The van der Waals surface area contributed by atoms with E-state index in [1.54, 1.807) is 0 Å². The molecule has 0 saturated heterocycles. The van der Waals surface area contributed by atoms with Crippen molar-refractivity contribution in [1.82, 2.24) is 5.32 Å². The van der Waals surface area contributed by atoms with Crippen LogP contribution in [0, 0.1) is 11.3 Å². The molecule has 15 heavy (non-hydrogen) atoms. The Kier molecular flexibility index (Phi) is 2.61. The highest BCUT2D eigenvalue weighted by molar-refractivity contribution is 5.84. The number of hydrogen-bond acceptors (Lipinski definition) is 2. The summed E-state index contributed by atoms with van der Waals surface area (Å²) in [6, 6.07) is 0.384. The predicted molar refractivity (Wildman–Crippen MR) is 61.4 cm³/mol. The van der Waals surface area contributed by atoms with E-state index in [-0.39, 0.29) is 11.3 Å². The van der Waals surface area contributed by atoms with Crippen LogP contribution in [-0.4, -0.2) is 11.8 Å². The van der Waals surface area contributed by atoms with Crippen LogP contribution in [0.5, 0.6) is 0 Å². The second kappa shape index (κ2) is 3.66. The molecule has 84 valence electrons. The summed E-state index contributed by atoms with van der Waals surface area (Å²) >= 11 is 0. The van der Waals surface area contributed by atoms with Crippen LogP contribution in [-0.2, 0) is 4.79 Å². The van der Waals surface area contributed by atoms with E-state index < -0.39 is 0 Å². The standard InChI is InChI=1S/C13H21NO/c1-13(2,3)12-8-9-10(14-12)6-4-5-7-11(9)15/h8-10,14H,4-7H2,1-3H3. The van der Waals surface area contributed by atoms with Crippen molar-refractivity contribution in [2.24, 2.45) is 11.3 Å². The molecule has 0 aromatic heterocycles. The molecular weight excluding hydrogens is 186 g/mol. The van der Waals surface area contributed by atoms with Crippen molar-refractivity contribution in [3.63, 3.8) is 0 Å². The quantitative estimate of drug-likeness (QED) is 0.661. The molecule has 1 aliphatic carbocycles. The lowest BCUT2D eigenvalue weighted by molar-refractivity contribution is -0.121. The minimum Gasteiger partial charge on any atom is -0.384 e. The molecule has 1 aliphatic heterocycles. The van der Waals surface area contributed by atoms with Gasteiger partial charge in [0.2, 0.25) is 0 Å². The van der Waals surface area contributed by atoms with Crippen LogP contribution in [0.25, 0.3) is 0 Å². The summed E-state index contributed by atoms with van der Waals surface area (Å²) in [5.41, 5.74) is 1.40. The highest BCUT2D eigenvalue weighted by Gasteiger charge is 2.36. The van der Waals surface area contributed by atoms with E-state index in [4.69, 9.17) is 0 Å². The van der Waals surface area contributed by atoms with Crippen LogP contribution in [0.1, 0.15) is 46.5 Å². The molecule has 0 spiro atoms. The van der Waals surface area contributed by atoms with Gasteiger partial charge in [0, 0.05) is 23.6 Å². The molecule has 2 atom stereocenters. The Bertz CT molecular complexity index is 298. The fraction of sp³-hybridized carbons (Fsp3) is 0.769. The second-order valence-corrected chi connectivity index (χ2v) is 5.82. The van der Waals surface area contributed by atoms with Crippen molar-refractivity contribution < 1.29 is 4.79 Å². The lowest BCUT2D eigenvalue weighted by Gasteiger charge is -2.23. The van der Waals surface area contributed by atoms with Crippen molar-refractivity contribution in [3.8, 4) is 0 Å². The van der Waals surface area contributed by atoms with Gasteiger partial charge in [0.15, 0.2) is 0 Å². The molecule has 0 aromatic carbocycles. The lowest BCUT2D eigenvalue weighted by atomic mass is 9.90. The number of rotatable bonds is 0. The average molecular weight is 207 g/mol. The molecular formula is C13H21NO. The number of Topliss-reactive ketones (excluding diaryl/α,β-unsaturated/α-hetero) is 1. The number of carbonyl (C=O) groups is 1. The van der Waals surface area contributed by atoms with Crippen LogP contribution < -0.4 is 5.32 Å². The smallest absolute Gasteiger partial charge is 0.141 e. The molecule has 1 heterocycles. The Morgan fingerprint density at radius 1 is 1.33 bits per heavy atom. The number of hydrogen-bond donors (Lipinski definition) is 1. The van der Waals surface area contributed by atoms with Gasteiger partial charge in [-0.15, -0.1) is 0 Å². The van der Waals surface area contributed by atoms with E-state index in [0.29, 0.717) is 11.8 Å². The first kappa shape index (κ1) is 10.7. The van der Waals surface area contributed by atoms with Crippen LogP contribution >= 0.6 is 0 Å². The lowest BCUT2D eigenvalue weighted by Crippen LogP contribution is -2.33. The molecule has 2 aliphatic rings. The van der Waals surface area contributed by atoms with Crippen molar-refractivity contribution in [2.45, 2.75) is 52.5 Å². The molecule has 1 N–H and O–H groups in total. The minimum atomic E-state index is 0.145. The molecule has 1 fully saturated rings. The van der Waals surface area contributed by atoms with Gasteiger partial charge >= 0.3 is 0 Å². The third-order valence-electron chi connectivity index (χ3n) is 3.49. The summed E-state index contributed by atoms with van der Waals surface area (Å²) in [7, 11) is 0. The van der Waals surface area contributed by atoms with E-state index in [2.05, 4.69) is 32.2 Å². The number of nitrogens with one attached hydrogen (secondary N) is 1. The summed E-state index contributed by atoms with van der Waals surface area (Å²) in [4.78, 5) is 11.9. The third kappa shape index (κ3) is 2.09. The molecule has 2 heteroatoms. The van der Waals surface area contributed by atoms with E-state index in [0.717, 1.165) is 19.3 Å². The summed E-state index contributed by atoms with van der Waals surface area (Å²) in [5.74, 6) is 0.589. The zero-order valence-electron chi connectivity index (χ0n) is 9.97. The van der Waals surface area contributed by atoms with Crippen molar-refractivity contribution in [3.05, 3.63) is 11.8 Å². The normalized spacial score (nSPS) is 31.7. The van der Waals surface area contributed by atoms with E-state index in [1.807, 2.05) is 0 Å². The molecule has 0 amide bonds. The van der Waals surface area contributed by atoms with E-state index >= 15 is 0 Å². The summed E-state index contributed by atoms with van der Waals surface area (Å²) < 4.78 is 0. The Morgan fingerprint density at radius 2 is 2.07 bits per heavy atom. The van der Waals surface area contributed by atoms with Crippen LogP contribution in [0.3, 0.4) is 0 Å². The number of allylic oxidation sites excluding steroid dienone is 1. The van der Waals surface area contributed by atoms with Gasteiger partial charge in [0.1, 0.15) is 5.78 Å². The van der Waals surface area contributed by atoms with E-state index in [1.165, 1.54) is 12.1 Å². The van der Waals surface area contributed by atoms with Gasteiger partial charge in [0.25, 0.3) is 0 Å². The molecule has 0 aromatic rings. The molecule has 0 bridgehead atoms. The minimum absolute atomic E-state index is 0.145. The largest absolute Gasteiger partial charge is 0.384 e. The SMILES string of the molecule is CC(C)(C)C1=CC2C(=O)CCCCC2N1. The van der Waals surface area contributed by atoms with Gasteiger partial charge in [-0.3, -0.25) is 4.79 Å². The average Bonchev–Trinajstić information content (AvgIpc) is 2.49. The van der Waals surface area contributed by atoms with Gasteiger partial charge in [-0.25, -0.2) is 0 Å². The maximum Gasteiger partial charge on any atom is 0.141 e. The zero-order chi connectivity index (χ0) is 11.1. The fourth-order valence-corrected chi connectivity index (χ4v) is 2.50. The second-order valence-electron chi connectivity index (χ2n) is 5.82. The first-order valence-corrected chi connectivity index (χ1v) is 6.00. The van der Waals surface area contributed by atoms with Gasteiger partial charge in [-0.1, -0.05) is 33.3 Å². The Morgan fingerprint density at radius 3 is 2.73 bits per heavy atom. The highest BCUT2D eigenvalue weighted by atomic mass is 16.1. The molecule has 2 unspecified atom stereocenters. The molecule has 1 saturated carbocycles. The van der Waals surface area contributed by atoms with Crippen LogP contribution in [0.4, 0.5) is 0 Å². The molecule has 2 rings (SSSR count). The van der Waals surface area contributed by atoms with E-state index in [9.17, 15) is 4.79 Å². The monoisotopic (exact) mass is 207 g/mol. The Labute approximate surface area is 92.1 Å². The predicted octanol–water partition coefficient (Wildman–Crippen LogP) is 2.65. The highest BCUT2D eigenvalue weighted by Crippen LogP contribution is 2.34. The zero-order valence-corrected chi connectivity index (χ0v) is 9.97. The number of carbonyl (C=O) groups excluding carboxylic acids is 1. The third-order valence-corrected chi connectivity index (χ3v) is 3.49. The van der Waals surface area contributed by atoms with Crippen molar-refractivity contribution in [2.75, 3.05) is 0 Å². The first-order chi connectivity index (χ1) is 6.98. The van der Waals surface area contributed by atoms with Gasteiger partial charge in [-0.05, 0) is 12.8 Å². The van der Waals surface area contributed by atoms with Crippen molar-refractivity contribution >= 4 is 5.78 Å². The summed E-state index contributed by atoms with van der Waals surface area (Å²) in [5, 5.41) is 3.54. The van der Waals surface area contributed by atoms with Gasteiger partial charge in [-0.2, -0.15) is 0 Å². The fourth-order valence-electron chi connectivity index (χ4n) is 2.50. The molecule has 2 nitrogen and oxygen atoms in total.